The number of thiophene rings is 1. The Morgan fingerprint density at radius 2 is 2.00 bits per heavy atom. The van der Waals surface area contributed by atoms with E-state index in [0.29, 0.717) is 11.3 Å². The van der Waals surface area contributed by atoms with E-state index < -0.39 is 5.97 Å². The lowest BCUT2D eigenvalue weighted by Gasteiger charge is -2.09. The van der Waals surface area contributed by atoms with Crippen LogP contribution >= 0.6 is 11.3 Å². The van der Waals surface area contributed by atoms with Gasteiger partial charge >= 0.3 is 5.97 Å². The molecule has 0 aromatic carbocycles. The molecule has 27 heavy (non-hydrogen) atoms. The fraction of sp³-hybridized carbons (Fsp3) is 0.300. The molecule has 3 rings (SSSR count). The van der Waals surface area contributed by atoms with Crippen molar-refractivity contribution < 1.29 is 14.3 Å². The van der Waals surface area contributed by atoms with E-state index in [1.807, 2.05) is 26.0 Å². The summed E-state index contributed by atoms with van der Waals surface area (Å²) < 4.78 is 7.23. The summed E-state index contributed by atoms with van der Waals surface area (Å²) in [6, 6.07) is 6.00. The van der Waals surface area contributed by atoms with Crippen LogP contribution in [0.5, 0.6) is 0 Å². The molecule has 0 unspecified atom stereocenters. The zero-order valence-corrected chi connectivity index (χ0v) is 16.4. The van der Waals surface area contributed by atoms with Gasteiger partial charge in [-0.2, -0.15) is 0 Å². The van der Waals surface area contributed by atoms with Gasteiger partial charge in [-0.15, -0.1) is 11.3 Å². The lowest BCUT2D eigenvalue weighted by Crippen LogP contribution is -2.16. The second-order valence-corrected chi connectivity index (χ2v) is 7.34. The Morgan fingerprint density at radius 1 is 1.19 bits per heavy atom. The molecule has 0 fully saturated rings. The molecule has 0 saturated heterocycles. The Morgan fingerprint density at radius 3 is 2.67 bits per heavy atom. The summed E-state index contributed by atoms with van der Waals surface area (Å²) in [5.41, 5.74) is 3.29. The fourth-order valence-corrected chi connectivity index (χ4v) is 3.58. The van der Waals surface area contributed by atoms with Crippen molar-refractivity contribution in [2.75, 3.05) is 6.61 Å². The summed E-state index contributed by atoms with van der Waals surface area (Å²) in [7, 11) is 0. The molecule has 0 spiro atoms. The number of ketones is 1. The van der Waals surface area contributed by atoms with Crippen LogP contribution in [0.4, 0.5) is 0 Å². The predicted octanol–water partition coefficient (Wildman–Crippen LogP) is 3.55. The van der Waals surface area contributed by atoms with Gasteiger partial charge in [-0.3, -0.25) is 9.78 Å². The Labute approximate surface area is 161 Å². The van der Waals surface area contributed by atoms with Crippen molar-refractivity contribution in [3.8, 4) is 0 Å². The minimum Gasteiger partial charge on any atom is -0.453 e. The van der Waals surface area contributed by atoms with Gasteiger partial charge in [-0.1, -0.05) is 6.07 Å². The van der Waals surface area contributed by atoms with Crippen LogP contribution in [0.2, 0.25) is 0 Å². The molecule has 140 valence electrons. The number of carbonyl (C=O) groups is 2. The van der Waals surface area contributed by atoms with Crippen LogP contribution in [0.25, 0.3) is 0 Å². The molecule has 0 aliphatic carbocycles. The van der Waals surface area contributed by atoms with E-state index in [0.717, 1.165) is 24.4 Å². The second kappa shape index (κ2) is 8.26. The SMILES string of the molecule is Cc1cnc(C(=O)OCC(=O)c2cc(C)n(CCc3cccs3)c2C)cn1. The molecule has 3 heterocycles. The summed E-state index contributed by atoms with van der Waals surface area (Å²) in [4.78, 5) is 33.8. The van der Waals surface area contributed by atoms with E-state index in [4.69, 9.17) is 4.74 Å². The lowest BCUT2D eigenvalue weighted by molar-refractivity contribution is 0.0468. The maximum Gasteiger partial charge on any atom is 0.358 e. The van der Waals surface area contributed by atoms with Crippen LogP contribution in [0.1, 0.15) is 42.8 Å². The van der Waals surface area contributed by atoms with Crippen LogP contribution in [0.3, 0.4) is 0 Å². The minimum absolute atomic E-state index is 0.0924. The predicted molar refractivity (Wildman–Crippen MR) is 103 cm³/mol. The summed E-state index contributed by atoms with van der Waals surface area (Å²) in [6.45, 7) is 6.17. The van der Waals surface area contributed by atoms with E-state index in [9.17, 15) is 9.59 Å². The molecule has 0 amide bonds. The Kier molecular flexibility index (Phi) is 5.81. The summed E-state index contributed by atoms with van der Waals surface area (Å²) in [6.07, 6.45) is 3.75. The first-order chi connectivity index (χ1) is 13.0. The van der Waals surface area contributed by atoms with Crippen LogP contribution < -0.4 is 0 Å². The van der Waals surface area contributed by atoms with Crippen molar-refractivity contribution >= 4 is 23.1 Å². The number of ether oxygens (including phenoxy) is 1. The molecule has 0 N–H and O–H groups in total. The van der Waals surface area contributed by atoms with Gasteiger partial charge < -0.3 is 9.30 Å². The third-order valence-electron chi connectivity index (χ3n) is 4.36. The van der Waals surface area contributed by atoms with Crippen molar-refractivity contribution in [3.05, 3.63) is 69.2 Å². The van der Waals surface area contributed by atoms with Crippen molar-refractivity contribution in [1.29, 1.82) is 0 Å². The maximum absolute atomic E-state index is 12.5. The number of nitrogens with zero attached hydrogens (tertiary/aromatic N) is 3. The average Bonchev–Trinajstić information content (AvgIpc) is 3.27. The normalized spacial score (nSPS) is 10.8. The smallest absolute Gasteiger partial charge is 0.358 e. The van der Waals surface area contributed by atoms with Gasteiger partial charge in [0.25, 0.3) is 0 Å². The van der Waals surface area contributed by atoms with Crippen LogP contribution in [-0.4, -0.2) is 32.9 Å². The third kappa shape index (κ3) is 4.49. The second-order valence-electron chi connectivity index (χ2n) is 6.31. The Balaban J connectivity index is 1.63. The molecular formula is C20H21N3O3S. The van der Waals surface area contributed by atoms with E-state index in [2.05, 4.69) is 26.0 Å². The summed E-state index contributed by atoms with van der Waals surface area (Å²) >= 11 is 1.73. The molecule has 0 aliphatic heterocycles. The molecule has 3 aromatic heterocycles. The first kappa shape index (κ1) is 19.0. The number of aromatic nitrogens is 3. The number of aryl methyl sites for hydroxylation is 3. The highest BCUT2D eigenvalue weighted by Gasteiger charge is 2.18. The van der Waals surface area contributed by atoms with Gasteiger partial charge in [0.15, 0.2) is 12.3 Å². The molecule has 7 heteroatoms. The highest BCUT2D eigenvalue weighted by Crippen LogP contribution is 2.18. The first-order valence-corrected chi connectivity index (χ1v) is 9.51. The van der Waals surface area contributed by atoms with Crippen LogP contribution in [0.15, 0.2) is 36.0 Å². The molecule has 0 saturated carbocycles. The van der Waals surface area contributed by atoms with Gasteiger partial charge in [0, 0.05) is 34.6 Å². The molecule has 0 radical (unpaired) electrons. The molecule has 3 aromatic rings. The fourth-order valence-electron chi connectivity index (χ4n) is 2.89. The average molecular weight is 383 g/mol. The van der Waals surface area contributed by atoms with E-state index in [-0.39, 0.29) is 18.1 Å². The molecular weight excluding hydrogens is 362 g/mol. The van der Waals surface area contributed by atoms with E-state index >= 15 is 0 Å². The summed E-state index contributed by atoms with van der Waals surface area (Å²) in [5, 5.41) is 2.06. The van der Waals surface area contributed by atoms with Crippen molar-refractivity contribution in [2.45, 2.75) is 33.7 Å². The number of carbonyl (C=O) groups excluding carboxylic acids is 2. The molecule has 0 bridgehead atoms. The lowest BCUT2D eigenvalue weighted by atomic mass is 10.1. The molecule has 0 atom stereocenters. The Bertz CT molecular complexity index is 944. The topological polar surface area (TPSA) is 74.1 Å². The monoisotopic (exact) mass is 383 g/mol. The minimum atomic E-state index is -0.651. The van der Waals surface area contributed by atoms with Crippen molar-refractivity contribution in [3.63, 3.8) is 0 Å². The van der Waals surface area contributed by atoms with Crippen LogP contribution in [-0.2, 0) is 17.7 Å². The number of hydrogen-bond donors (Lipinski definition) is 0. The first-order valence-electron chi connectivity index (χ1n) is 8.64. The summed E-state index contributed by atoms with van der Waals surface area (Å²) in [5.74, 6) is -0.874. The number of Topliss-reactive ketones (excluding diaryl/α,β-unsaturated/α-hetero) is 1. The zero-order chi connectivity index (χ0) is 19.4. The maximum atomic E-state index is 12.5. The van der Waals surface area contributed by atoms with Crippen LogP contribution in [0, 0.1) is 20.8 Å². The zero-order valence-electron chi connectivity index (χ0n) is 15.6. The highest BCUT2D eigenvalue weighted by molar-refractivity contribution is 7.09. The standard InChI is InChI=1S/C20H21N3O3S/c1-13-10-22-18(11-21-13)20(25)26-12-19(24)17-9-14(2)23(15(17)3)7-6-16-5-4-8-27-16/h4-5,8-11H,6-7,12H2,1-3H3. The van der Waals surface area contributed by atoms with Gasteiger partial charge in [0.2, 0.25) is 5.78 Å². The van der Waals surface area contributed by atoms with Gasteiger partial charge in [-0.05, 0) is 44.7 Å². The number of rotatable bonds is 7. The third-order valence-corrected chi connectivity index (χ3v) is 5.30. The van der Waals surface area contributed by atoms with Crippen molar-refractivity contribution in [2.24, 2.45) is 0 Å². The van der Waals surface area contributed by atoms with Gasteiger partial charge in [0.05, 0.1) is 11.9 Å². The van der Waals surface area contributed by atoms with E-state index in [1.54, 1.807) is 18.3 Å². The highest BCUT2D eigenvalue weighted by atomic mass is 32.1. The molecule has 6 nitrogen and oxygen atoms in total. The van der Waals surface area contributed by atoms with Gasteiger partial charge in [-0.25, -0.2) is 9.78 Å². The molecule has 0 aliphatic rings. The quantitative estimate of drug-likeness (QED) is 0.461. The number of hydrogen-bond acceptors (Lipinski definition) is 6. The Hall–Kier alpha value is -2.80. The number of esters is 1. The largest absolute Gasteiger partial charge is 0.453 e. The van der Waals surface area contributed by atoms with E-state index in [1.165, 1.54) is 17.3 Å². The van der Waals surface area contributed by atoms with Crippen molar-refractivity contribution in [1.82, 2.24) is 14.5 Å². The van der Waals surface area contributed by atoms with Gasteiger partial charge in [0.1, 0.15) is 0 Å².